The van der Waals surface area contributed by atoms with E-state index in [4.69, 9.17) is 28.4 Å². The minimum absolute atomic E-state index is 0.191. The predicted octanol–water partition coefficient (Wildman–Crippen LogP) is 2.89. The van der Waals surface area contributed by atoms with Crippen molar-refractivity contribution in [2.75, 3.05) is 26.9 Å². The number of carbonyl (C=O) groups is 2. The third-order valence-electron chi connectivity index (χ3n) is 6.02. The van der Waals surface area contributed by atoms with E-state index in [-0.39, 0.29) is 24.7 Å². The molecule has 0 radical (unpaired) electrons. The first-order valence-electron chi connectivity index (χ1n) is 12.6. The van der Waals surface area contributed by atoms with E-state index in [9.17, 15) is 9.59 Å². The number of carbonyl (C=O) groups excluding carboxylic acids is 2. The van der Waals surface area contributed by atoms with E-state index in [1.54, 1.807) is 7.11 Å². The van der Waals surface area contributed by atoms with Crippen molar-refractivity contribution in [1.29, 1.82) is 0 Å². The molecule has 2 heterocycles. The highest BCUT2D eigenvalue weighted by Gasteiger charge is 2.55. The van der Waals surface area contributed by atoms with Crippen molar-refractivity contribution in [3.8, 4) is 0 Å². The van der Waals surface area contributed by atoms with E-state index in [0.717, 1.165) is 31.2 Å². The van der Waals surface area contributed by atoms with Crippen LogP contribution in [0.2, 0.25) is 0 Å². The Morgan fingerprint density at radius 2 is 1.75 bits per heavy atom. The Balaban J connectivity index is 1.35. The third-order valence-corrected chi connectivity index (χ3v) is 6.02. The summed E-state index contributed by atoms with van der Waals surface area (Å²) in [5.74, 6) is -0.984. The monoisotopic (exact) mass is 508 g/mol. The Kier molecular flexibility index (Phi) is 10.9. The van der Waals surface area contributed by atoms with Gasteiger partial charge in [-0.2, -0.15) is 0 Å². The van der Waals surface area contributed by atoms with Crippen molar-refractivity contribution in [3.05, 3.63) is 35.9 Å². The maximum absolute atomic E-state index is 11.9. The number of methoxy groups -OCH3 is 1. The van der Waals surface area contributed by atoms with Crippen molar-refractivity contribution < 1.29 is 38.0 Å². The number of unbranched alkanes of at least 4 members (excludes halogenated alkanes) is 3. The Bertz CT molecular complexity index is 821. The van der Waals surface area contributed by atoms with Gasteiger partial charge in [-0.15, -0.1) is 0 Å². The van der Waals surface area contributed by atoms with Crippen molar-refractivity contribution in [3.63, 3.8) is 0 Å². The van der Waals surface area contributed by atoms with Gasteiger partial charge in [-0.3, -0.25) is 4.79 Å². The van der Waals surface area contributed by atoms with Crippen LogP contribution in [0.3, 0.4) is 0 Å². The predicted molar refractivity (Wildman–Crippen MR) is 131 cm³/mol. The maximum Gasteiger partial charge on any atom is 0.407 e. The molecule has 36 heavy (non-hydrogen) atoms. The van der Waals surface area contributed by atoms with Crippen LogP contribution < -0.4 is 10.6 Å². The molecule has 3 rings (SSSR count). The van der Waals surface area contributed by atoms with Crippen LogP contribution in [-0.4, -0.2) is 75.3 Å². The topological polar surface area (TPSA) is 114 Å². The normalized spacial score (nSPS) is 26.7. The number of ether oxygens (including phenoxy) is 6. The van der Waals surface area contributed by atoms with Crippen LogP contribution in [-0.2, 0) is 39.8 Å². The minimum atomic E-state index is -0.793. The van der Waals surface area contributed by atoms with Gasteiger partial charge in [0.25, 0.3) is 0 Å². The second-order valence-corrected chi connectivity index (χ2v) is 9.56. The summed E-state index contributed by atoms with van der Waals surface area (Å²) < 4.78 is 34.9. The average molecular weight is 509 g/mol. The molecule has 5 unspecified atom stereocenters. The lowest BCUT2D eigenvalue weighted by molar-refractivity contribution is -0.252. The van der Waals surface area contributed by atoms with E-state index < -0.39 is 30.3 Å². The lowest BCUT2D eigenvalue weighted by atomic mass is 9.97. The van der Waals surface area contributed by atoms with Crippen molar-refractivity contribution >= 4 is 12.0 Å². The number of alkyl carbamates (subject to hydrolysis) is 1. The highest BCUT2D eigenvalue weighted by atomic mass is 16.8. The lowest BCUT2D eigenvalue weighted by Crippen LogP contribution is -2.63. The van der Waals surface area contributed by atoms with Gasteiger partial charge in [0.15, 0.2) is 12.1 Å². The zero-order valence-corrected chi connectivity index (χ0v) is 21.7. The fraction of sp³-hybridized carbons (Fsp3) is 0.692. The Morgan fingerprint density at radius 1 is 1.03 bits per heavy atom. The van der Waals surface area contributed by atoms with E-state index in [1.807, 2.05) is 44.2 Å². The van der Waals surface area contributed by atoms with Gasteiger partial charge in [-0.05, 0) is 32.3 Å². The molecule has 2 aliphatic rings. The summed E-state index contributed by atoms with van der Waals surface area (Å²) in [6, 6.07) is 9.08. The first-order valence-corrected chi connectivity index (χ1v) is 12.6. The Labute approximate surface area is 213 Å². The molecule has 0 saturated carbocycles. The summed E-state index contributed by atoms with van der Waals surface area (Å²) in [5.41, 5.74) is 0.954. The first-order chi connectivity index (χ1) is 17.3. The fourth-order valence-electron chi connectivity index (χ4n) is 4.44. The molecule has 2 saturated heterocycles. The Hall–Kier alpha value is -2.24. The molecule has 10 nitrogen and oxygen atoms in total. The molecule has 2 fully saturated rings. The lowest BCUT2D eigenvalue weighted by Gasteiger charge is -2.42. The zero-order valence-electron chi connectivity index (χ0n) is 21.7. The third kappa shape index (κ3) is 8.70. The molecule has 1 aromatic carbocycles. The summed E-state index contributed by atoms with van der Waals surface area (Å²) in [7, 11) is 1.60. The van der Waals surface area contributed by atoms with E-state index in [0.29, 0.717) is 19.8 Å². The standard InChI is InChI=1S/C26H40N2O8/c1-18(29)28-21-23-22(35-26(2,3)36-23)20(17-31-4)34-24(21)32-15-11-6-5-10-14-27-25(30)33-16-19-12-8-7-9-13-19/h7-9,12-13,20-24H,5-6,10-11,14-17H2,1-4H3,(H,27,30)(H,28,29). The molecule has 1 aromatic rings. The van der Waals surface area contributed by atoms with Gasteiger partial charge in [0.05, 0.1) is 6.61 Å². The maximum atomic E-state index is 11.9. The number of amides is 2. The molecular formula is C26H40N2O8. The van der Waals surface area contributed by atoms with Crippen LogP contribution in [0.25, 0.3) is 0 Å². The second-order valence-electron chi connectivity index (χ2n) is 9.56. The number of nitrogens with one attached hydrogen (secondary N) is 2. The second kappa shape index (κ2) is 13.9. The molecule has 0 aliphatic carbocycles. The van der Waals surface area contributed by atoms with Crippen molar-refractivity contribution in [1.82, 2.24) is 10.6 Å². The van der Waals surface area contributed by atoms with Gasteiger partial charge >= 0.3 is 6.09 Å². The summed E-state index contributed by atoms with van der Waals surface area (Å²) >= 11 is 0. The number of rotatable bonds is 13. The number of fused-ring (bicyclic) bond motifs is 1. The molecule has 10 heteroatoms. The van der Waals surface area contributed by atoms with Crippen LogP contribution in [0.4, 0.5) is 4.79 Å². The first kappa shape index (κ1) is 28.3. The SMILES string of the molecule is COCC1OC(OCCCCCCNC(=O)OCc2ccccc2)C(NC(C)=O)C2OC(C)(C)OC12. The molecule has 0 spiro atoms. The highest BCUT2D eigenvalue weighted by Crippen LogP contribution is 2.38. The van der Waals surface area contributed by atoms with Gasteiger partial charge in [-0.25, -0.2) is 4.79 Å². The molecule has 202 valence electrons. The van der Waals surface area contributed by atoms with Gasteiger partial charge in [0.1, 0.15) is 31.0 Å². The Morgan fingerprint density at radius 3 is 2.47 bits per heavy atom. The van der Waals surface area contributed by atoms with Gasteiger partial charge < -0.3 is 39.1 Å². The average Bonchev–Trinajstić information content (AvgIpc) is 3.17. The van der Waals surface area contributed by atoms with Crippen LogP contribution in [0, 0.1) is 0 Å². The smallest absolute Gasteiger partial charge is 0.407 e. The van der Waals surface area contributed by atoms with E-state index in [2.05, 4.69) is 10.6 Å². The van der Waals surface area contributed by atoms with Gasteiger partial charge in [0, 0.05) is 27.2 Å². The van der Waals surface area contributed by atoms with Gasteiger partial charge in [-0.1, -0.05) is 43.2 Å². The number of hydrogen-bond donors (Lipinski definition) is 2. The fourth-order valence-corrected chi connectivity index (χ4v) is 4.44. The summed E-state index contributed by atoms with van der Waals surface area (Å²) in [6.07, 6.45) is 1.29. The zero-order chi connectivity index (χ0) is 26.0. The van der Waals surface area contributed by atoms with E-state index in [1.165, 1.54) is 6.92 Å². The molecule has 0 aromatic heterocycles. The van der Waals surface area contributed by atoms with Crippen LogP contribution in [0.1, 0.15) is 52.0 Å². The quantitative estimate of drug-likeness (QED) is 0.391. The van der Waals surface area contributed by atoms with Crippen LogP contribution in [0.15, 0.2) is 30.3 Å². The van der Waals surface area contributed by atoms with Gasteiger partial charge in [0.2, 0.25) is 5.91 Å². The van der Waals surface area contributed by atoms with Crippen molar-refractivity contribution in [2.24, 2.45) is 0 Å². The van der Waals surface area contributed by atoms with Crippen LogP contribution >= 0.6 is 0 Å². The van der Waals surface area contributed by atoms with E-state index >= 15 is 0 Å². The summed E-state index contributed by atoms with van der Waals surface area (Å²) in [5, 5.41) is 5.69. The molecule has 5 atom stereocenters. The minimum Gasteiger partial charge on any atom is -0.445 e. The summed E-state index contributed by atoms with van der Waals surface area (Å²) in [6.45, 7) is 6.75. The molecular weight excluding hydrogens is 468 g/mol. The van der Waals surface area contributed by atoms with Crippen molar-refractivity contribution in [2.45, 2.75) is 89.5 Å². The highest BCUT2D eigenvalue weighted by molar-refractivity contribution is 5.73. The largest absolute Gasteiger partial charge is 0.445 e. The number of benzene rings is 1. The molecule has 2 aliphatic heterocycles. The van der Waals surface area contributed by atoms with Crippen LogP contribution in [0.5, 0.6) is 0 Å². The molecule has 0 bridgehead atoms. The molecule has 2 N–H and O–H groups in total. The summed E-state index contributed by atoms with van der Waals surface area (Å²) in [4.78, 5) is 23.7. The number of hydrogen-bond acceptors (Lipinski definition) is 8. The molecule has 2 amide bonds.